The number of likely N-dealkylation sites (N-methyl/N-ethyl adjacent to an activating group) is 1. The van der Waals surface area contributed by atoms with Crippen LogP contribution in [0.1, 0.15) is 12.0 Å². The summed E-state index contributed by atoms with van der Waals surface area (Å²) >= 11 is 0. The lowest BCUT2D eigenvalue weighted by Gasteiger charge is -2.30. The standard InChI is InChI=1S/C18H20N2O3S/c1-19(24(22,23)16-10-3-2-4-11-16)14-18(21)20-13-7-9-15-8-5-6-12-17(15)20/h2-6,8,10-12H,7,9,13-14H2,1H3. The first-order valence-corrected chi connectivity index (χ1v) is 9.34. The fourth-order valence-corrected chi connectivity index (χ4v) is 4.07. The zero-order chi connectivity index (χ0) is 17.2. The molecule has 1 aliphatic rings. The van der Waals surface area contributed by atoms with Gasteiger partial charge in [-0.25, -0.2) is 8.42 Å². The second kappa shape index (κ2) is 6.75. The Hall–Kier alpha value is -2.18. The summed E-state index contributed by atoms with van der Waals surface area (Å²) in [5.74, 6) is -0.204. The minimum atomic E-state index is -3.66. The highest BCUT2D eigenvalue weighted by Crippen LogP contribution is 2.27. The van der Waals surface area contributed by atoms with Gasteiger partial charge in [-0.15, -0.1) is 0 Å². The summed E-state index contributed by atoms with van der Waals surface area (Å²) in [6, 6.07) is 16.0. The van der Waals surface area contributed by atoms with E-state index in [1.165, 1.54) is 19.2 Å². The summed E-state index contributed by atoms with van der Waals surface area (Å²) in [6.07, 6.45) is 1.83. The number of benzene rings is 2. The van der Waals surface area contributed by atoms with Crippen LogP contribution in [0.25, 0.3) is 0 Å². The summed E-state index contributed by atoms with van der Waals surface area (Å²) in [5.41, 5.74) is 2.02. The smallest absolute Gasteiger partial charge is 0.243 e. The van der Waals surface area contributed by atoms with E-state index in [4.69, 9.17) is 0 Å². The van der Waals surface area contributed by atoms with E-state index in [9.17, 15) is 13.2 Å². The van der Waals surface area contributed by atoms with E-state index in [1.54, 1.807) is 23.1 Å². The first-order chi connectivity index (χ1) is 11.5. The van der Waals surface area contributed by atoms with Crippen LogP contribution >= 0.6 is 0 Å². The van der Waals surface area contributed by atoms with Crippen molar-refractivity contribution in [2.45, 2.75) is 17.7 Å². The van der Waals surface area contributed by atoms with Gasteiger partial charge in [0.1, 0.15) is 0 Å². The van der Waals surface area contributed by atoms with E-state index in [-0.39, 0.29) is 17.3 Å². The van der Waals surface area contributed by atoms with E-state index in [2.05, 4.69) is 0 Å². The molecule has 0 spiro atoms. The number of rotatable bonds is 4. The molecule has 0 fully saturated rings. The fourth-order valence-electron chi connectivity index (χ4n) is 2.93. The third kappa shape index (κ3) is 3.20. The number of hydrogen-bond acceptors (Lipinski definition) is 3. The molecule has 0 bridgehead atoms. The summed E-state index contributed by atoms with van der Waals surface area (Å²) in [6.45, 7) is 0.445. The number of anilines is 1. The van der Waals surface area contributed by atoms with E-state index in [1.807, 2.05) is 24.3 Å². The zero-order valence-electron chi connectivity index (χ0n) is 13.6. The van der Waals surface area contributed by atoms with Gasteiger partial charge < -0.3 is 4.90 Å². The highest BCUT2D eigenvalue weighted by atomic mass is 32.2. The van der Waals surface area contributed by atoms with Crippen molar-refractivity contribution < 1.29 is 13.2 Å². The maximum Gasteiger partial charge on any atom is 0.243 e. The van der Waals surface area contributed by atoms with Gasteiger partial charge in [-0.2, -0.15) is 4.31 Å². The summed E-state index contributed by atoms with van der Waals surface area (Å²) in [5, 5.41) is 0. The van der Waals surface area contributed by atoms with Crippen molar-refractivity contribution in [3.63, 3.8) is 0 Å². The number of nitrogens with zero attached hydrogens (tertiary/aromatic N) is 2. The normalized spacial score (nSPS) is 14.5. The molecule has 1 aliphatic heterocycles. The van der Waals surface area contributed by atoms with Gasteiger partial charge in [0.2, 0.25) is 15.9 Å². The van der Waals surface area contributed by atoms with Gasteiger partial charge in [-0.3, -0.25) is 4.79 Å². The Morgan fingerprint density at radius 3 is 2.50 bits per heavy atom. The van der Waals surface area contributed by atoms with Crippen LogP contribution in [0.2, 0.25) is 0 Å². The molecule has 3 rings (SSSR count). The monoisotopic (exact) mass is 344 g/mol. The van der Waals surface area contributed by atoms with Crippen molar-refractivity contribution in [1.29, 1.82) is 0 Å². The largest absolute Gasteiger partial charge is 0.311 e. The molecule has 24 heavy (non-hydrogen) atoms. The van der Waals surface area contributed by atoms with E-state index >= 15 is 0 Å². The van der Waals surface area contributed by atoms with Gasteiger partial charge in [0.25, 0.3) is 0 Å². The second-order valence-electron chi connectivity index (χ2n) is 5.85. The number of carbonyl (C=O) groups excluding carboxylic acids is 1. The van der Waals surface area contributed by atoms with Gasteiger partial charge in [-0.05, 0) is 36.6 Å². The SMILES string of the molecule is CN(CC(=O)N1CCCc2ccccc21)S(=O)(=O)c1ccccc1. The molecule has 0 saturated carbocycles. The fraction of sp³-hybridized carbons (Fsp3) is 0.278. The number of hydrogen-bond donors (Lipinski definition) is 0. The summed E-state index contributed by atoms with van der Waals surface area (Å²) in [7, 11) is -2.22. The highest BCUT2D eigenvalue weighted by molar-refractivity contribution is 7.89. The maximum atomic E-state index is 12.7. The summed E-state index contributed by atoms with van der Waals surface area (Å²) in [4.78, 5) is 14.6. The number of fused-ring (bicyclic) bond motifs is 1. The molecule has 0 N–H and O–H groups in total. The first kappa shape index (κ1) is 16.7. The first-order valence-electron chi connectivity index (χ1n) is 7.90. The Balaban J connectivity index is 1.78. The number of carbonyl (C=O) groups is 1. The Morgan fingerprint density at radius 2 is 1.75 bits per heavy atom. The minimum absolute atomic E-state index is 0.175. The van der Waals surface area contributed by atoms with E-state index in [0.717, 1.165) is 28.4 Å². The Kier molecular flexibility index (Phi) is 4.69. The molecule has 0 atom stereocenters. The van der Waals surface area contributed by atoms with Gasteiger partial charge >= 0.3 is 0 Å². The van der Waals surface area contributed by atoms with Crippen LogP contribution in [0.5, 0.6) is 0 Å². The van der Waals surface area contributed by atoms with Crippen LogP contribution in [0.15, 0.2) is 59.5 Å². The van der Waals surface area contributed by atoms with E-state index < -0.39 is 10.0 Å². The lowest BCUT2D eigenvalue weighted by molar-refractivity contribution is -0.118. The molecule has 2 aromatic rings. The van der Waals surface area contributed by atoms with Crippen molar-refractivity contribution in [1.82, 2.24) is 4.31 Å². The number of aryl methyl sites for hydroxylation is 1. The van der Waals surface area contributed by atoms with Crippen LogP contribution in [-0.4, -0.2) is 38.8 Å². The molecule has 0 saturated heterocycles. The lowest BCUT2D eigenvalue weighted by Crippen LogP contribution is -2.43. The van der Waals surface area contributed by atoms with Gasteiger partial charge in [-0.1, -0.05) is 36.4 Å². The van der Waals surface area contributed by atoms with Crippen molar-refractivity contribution in [2.75, 3.05) is 25.0 Å². The number of amides is 1. The van der Waals surface area contributed by atoms with Crippen LogP contribution in [0.3, 0.4) is 0 Å². The molecule has 0 radical (unpaired) electrons. The molecular formula is C18H20N2O3S. The van der Waals surface area contributed by atoms with Crippen LogP contribution in [0.4, 0.5) is 5.69 Å². The quantitative estimate of drug-likeness (QED) is 0.855. The average Bonchev–Trinajstić information content (AvgIpc) is 2.61. The Morgan fingerprint density at radius 1 is 1.08 bits per heavy atom. The molecule has 1 amide bonds. The van der Waals surface area contributed by atoms with Crippen molar-refractivity contribution in [3.05, 3.63) is 60.2 Å². The molecule has 6 heteroatoms. The Bertz CT molecular complexity index is 834. The predicted octanol–water partition coefficient (Wildman–Crippen LogP) is 2.29. The van der Waals surface area contributed by atoms with Crippen molar-refractivity contribution in [2.24, 2.45) is 0 Å². The minimum Gasteiger partial charge on any atom is -0.311 e. The lowest BCUT2D eigenvalue weighted by atomic mass is 10.0. The van der Waals surface area contributed by atoms with Gasteiger partial charge in [0.05, 0.1) is 11.4 Å². The zero-order valence-corrected chi connectivity index (χ0v) is 14.4. The molecule has 2 aromatic carbocycles. The van der Waals surface area contributed by atoms with Gasteiger partial charge in [0, 0.05) is 19.3 Å². The summed E-state index contributed by atoms with van der Waals surface area (Å²) < 4.78 is 26.2. The second-order valence-corrected chi connectivity index (χ2v) is 7.90. The van der Waals surface area contributed by atoms with Gasteiger partial charge in [0.15, 0.2) is 0 Å². The van der Waals surface area contributed by atoms with Crippen LogP contribution < -0.4 is 4.90 Å². The Labute approximate surface area is 142 Å². The highest BCUT2D eigenvalue weighted by Gasteiger charge is 2.27. The predicted molar refractivity (Wildman–Crippen MR) is 93.4 cm³/mol. The van der Waals surface area contributed by atoms with Crippen LogP contribution in [0, 0.1) is 0 Å². The molecule has 1 heterocycles. The van der Waals surface area contributed by atoms with Crippen LogP contribution in [-0.2, 0) is 21.2 Å². The van der Waals surface area contributed by atoms with Crippen molar-refractivity contribution in [3.8, 4) is 0 Å². The molecule has 0 unspecified atom stereocenters. The van der Waals surface area contributed by atoms with Crippen molar-refractivity contribution >= 4 is 21.6 Å². The molecular weight excluding hydrogens is 324 g/mol. The molecule has 126 valence electrons. The van der Waals surface area contributed by atoms with E-state index in [0.29, 0.717) is 6.54 Å². The molecule has 0 aliphatic carbocycles. The topological polar surface area (TPSA) is 57.7 Å². The number of para-hydroxylation sites is 1. The maximum absolute atomic E-state index is 12.7. The average molecular weight is 344 g/mol. The third-order valence-electron chi connectivity index (χ3n) is 4.22. The number of sulfonamides is 1. The molecule has 5 nitrogen and oxygen atoms in total. The molecule has 0 aromatic heterocycles. The third-order valence-corrected chi connectivity index (χ3v) is 6.04.